The number of carbonyl (C=O) groups is 2. The minimum absolute atomic E-state index is 0.0282. The lowest BCUT2D eigenvalue weighted by Crippen LogP contribution is -2.33. The average Bonchev–Trinajstić information content (AvgIpc) is 2.53. The molecule has 2 aliphatic carbocycles. The first kappa shape index (κ1) is 17.5. The third-order valence-electron chi connectivity index (χ3n) is 4.74. The molecule has 0 aromatic rings. The Morgan fingerprint density at radius 3 is 2.61 bits per heavy atom. The third-order valence-corrected chi connectivity index (χ3v) is 4.74. The molecule has 4 nitrogen and oxygen atoms in total. The lowest BCUT2D eigenvalue weighted by atomic mass is 9.78. The zero-order valence-corrected chi connectivity index (χ0v) is 14.4. The average molecular weight is 317 g/mol. The molecular formula is C19H27NO3. The first-order chi connectivity index (χ1) is 11.0. The molecule has 0 aromatic carbocycles. The second-order valence-corrected chi connectivity index (χ2v) is 6.49. The van der Waals surface area contributed by atoms with E-state index in [1.165, 1.54) is 5.57 Å². The number of likely N-dealkylation sites (N-methyl/N-ethyl adjacent to an activating group) is 1. The van der Waals surface area contributed by atoms with E-state index in [9.17, 15) is 14.7 Å². The first-order valence-electron chi connectivity index (χ1n) is 8.62. The number of hydrogen-bond donors (Lipinski definition) is 2. The standard InChI is InChI=1S/C19H27NO3/c1-4-5-6-10-14-16(20-3)18(22)15(19(23)17(14)21)13-9-7-8-12(2)11-13/h11,13,20,22H,4-10H2,1-3H3. The second-order valence-electron chi connectivity index (χ2n) is 6.49. The van der Waals surface area contributed by atoms with Crippen LogP contribution in [0, 0.1) is 5.92 Å². The highest BCUT2D eigenvalue weighted by atomic mass is 16.3. The maximum absolute atomic E-state index is 12.6. The van der Waals surface area contributed by atoms with Gasteiger partial charge in [0.15, 0.2) is 0 Å². The van der Waals surface area contributed by atoms with Gasteiger partial charge in [-0.15, -0.1) is 0 Å². The zero-order valence-electron chi connectivity index (χ0n) is 14.4. The highest BCUT2D eigenvalue weighted by molar-refractivity contribution is 6.50. The van der Waals surface area contributed by atoms with Crippen LogP contribution in [0.1, 0.15) is 58.8 Å². The van der Waals surface area contributed by atoms with Crippen molar-refractivity contribution in [3.05, 3.63) is 34.3 Å². The number of aliphatic hydroxyl groups is 1. The molecule has 126 valence electrons. The minimum Gasteiger partial charge on any atom is -0.505 e. The summed E-state index contributed by atoms with van der Waals surface area (Å²) in [5.41, 5.74) is 2.37. The van der Waals surface area contributed by atoms with Gasteiger partial charge in [0.05, 0.1) is 11.3 Å². The van der Waals surface area contributed by atoms with E-state index in [2.05, 4.69) is 12.2 Å². The summed E-state index contributed by atoms with van der Waals surface area (Å²) in [6, 6.07) is 0. The van der Waals surface area contributed by atoms with Crippen LogP contribution in [0.3, 0.4) is 0 Å². The number of hydrogen-bond acceptors (Lipinski definition) is 4. The van der Waals surface area contributed by atoms with E-state index < -0.39 is 11.6 Å². The molecule has 0 heterocycles. The lowest BCUT2D eigenvalue weighted by molar-refractivity contribution is -0.132. The maximum atomic E-state index is 12.6. The van der Waals surface area contributed by atoms with Crippen LogP contribution in [0.4, 0.5) is 0 Å². The van der Waals surface area contributed by atoms with Crippen molar-refractivity contribution in [3.8, 4) is 0 Å². The normalized spacial score (nSPS) is 22.6. The van der Waals surface area contributed by atoms with Crippen molar-refractivity contribution in [2.24, 2.45) is 5.92 Å². The minimum atomic E-state index is -0.524. The number of ketones is 2. The van der Waals surface area contributed by atoms with Gasteiger partial charge >= 0.3 is 0 Å². The molecule has 23 heavy (non-hydrogen) atoms. The summed E-state index contributed by atoms with van der Waals surface area (Å²) < 4.78 is 0. The van der Waals surface area contributed by atoms with E-state index in [1.807, 2.05) is 13.0 Å². The van der Waals surface area contributed by atoms with Gasteiger partial charge in [-0.05, 0) is 39.0 Å². The summed E-state index contributed by atoms with van der Waals surface area (Å²) >= 11 is 0. The summed E-state index contributed by atoms with van der Waals surface area (Å²) in [7, 11) is 1.69. The molecule has 2 rings (SSSR count). The lowest BCUT2D eigenvalue weighted by Gasteiger charge is -2.27. The summed E-state index contributed by atoms with van der Waals surface area (Å²) in [5.74, 6) is -1.15. The smallest absolute Gasteiger partial charge is 0.233 e. The Morgan fingerprint density at radius 1 is 1.26 bits per heavy atom. The van der Waals surface area contributed by atoms with E-state index in [0.717, 1.165) is 38.5 Å². The van der Waals surface area contributed by atoms with Crippen LogP contribution in [0.5, 0.6) is 0 Å². The van der Waals surface area contributed by atoms with Crippen molar-refractivity contribution in [3.63, 3.8) is 0 Å². The Kier molecular flexibility index (Phi) is 5.80. The van der Waals surface area contributed by atoms with Gasteiger partial charge < -0.3 is 10.4 Å². The van der Waals surface area contributed by atoms with Crippen molar-refractivity contribution in [1.29, 1.82) is 0 Å². The van der Waals surface area contributed by atoms with E-state index in [1.54, 1.807) is 7.05 Å². The SMILES string of the molecule is CCCCCC1=C(NC)C(O)=C(C2C=C(C)CCC2)C(=O)C1=O. The molecule has 0 fully saturated rings. The van der Waals surface area contributed by atoms with Crippen LogP contribution in [0.25, 0.3) is 0 Å². The summed E-state index contributed by atoms with van der Waals surface area (Å²) in [6.07, 6.45) is 8.25. The molecule has 0 bridgehead atoms. The van der Waals surface area contributed by atoms with Gasteiger partial charge in [0.25, 0.3) is 0 Å². The molecule has 0 amide bonds. The molecule has 2 N–H and O–H groups in total. The summed E-state index contributed by atoms with van der Waals surface area (Å²) in [4.78, 5) is 25.1. The Labute approximate surface area is 138 Å². The Bertz CT molecular complexity index is 596. The van der Waals surface area contributed by atoms with E-state index in [4.69, 9.17) is 0 Å². The zero-order chi connectivity index (χ0) is 17.0. The second kappa shape index (κ2) is 7.62. The van der Waals surface area contributed by atoms with Crippen LogP contribution in [0.2, 0.25) is 0 Å². The van der Waals surface area contributed by atoms with Gasteiger partial charge in [0.1, 0.15) is 5.76 Å². The van der Waals surface area contributed by atoms with Gasteiger partial charge in [-0.1, -0.05) is 31.4 Å². The number of nitrogens with one attached hydrogen (secondary N) is 1. The van der Waals surface area contributed by atoms with Crippen LogP contribution >= 0.6 is 0 Å². The number of carbonyl (C=O) groups excluding carboxylic acids is 2. The van der Waals surface area contributed by atoms with Crippen molar-refractivity contribution >= 4 is 11.6 Å². The quantitative estimate of drug-likeness (QED) is 0.339. The molecule has 2 aliphatic rings. The van der Waals surface area contributed by atoms with Crippen LogP contribution in [0.15, 0.2) is 34.3 Å². The Morgan fingerprint density at radius 2 is 2.00 bits per heavy atom. The van der Waals surface area contributed by atoms with E-state index in [-0.39, 0.29) is 17.3 Å². The highest BCUT2D eigenvalue weighted by Gasteiger charge is 2.37. The summed E-state index contributed by atoms with van der Waals surface area (Å²) in [6.45, 7) is 4.12. The predicted molar refractivity (Wildman–Crippen MR) is 91.0 cm³/mol. The number of unbranched alkanes of at least 4 members (excludes halogenated alkanes) is 2. The molecule has 0 aliphatic heterocycles. The summed E-state index contributed by atoms with van der Waals surface area (Å²) in [5, 5.41) is 13.6. The topological polar surface area (TPSA) is 66.4 Å². The predicted octanol–water partition coefficient (Wildman–Crippen LogP) is 3.75. The molecule has 4 heteroatoms. The number of aliphatic hydroxyl groups excluding tert-OH is 1. The van der Waals surface area contributed by atoms with Crippen LogP contribution in [-0.4, -0.2) is 23.7 Å². The van der Waals surface area contributed by atoms with Crippen molar-refractivity contribution in [1.82, 2.24) is 5.32 Å². The fourth-order valence-electron chi connectivity index (χ4n) is 3.50. The monoisotopic (exact) mass is 317 g/mol. The van der Waals surface area contributed by atoms with Gasteiger partial charge in [0.2, 0.25) is 11.6 Å². The third kappa shape index (κ3) is 3.57. The maximum Gasteiger partial charge on any atom is 0.233 e. The molecule has 0 radical (unpaired) electrons. The molecule has 0 spiro atoms. The van der Waals surface area contributed by atoms with Crippen LogP contribution in [-0.2, 0) is 9.59 Å². The Hall–Kier alpha value is -1.84. The van der Waals surface area contributed by atoms with Crippen molar-refractivity contribution in [2.45, 2.75) is 58.8 Å². The molecule has 0 aromatic heterocycles. The van der Waals surface area contributed by atoms with Gasteiger partial charge in [-0.3, -0.25) is 9.59 Å². The van der Waals surface area contributed by atoms with Gasteiger partial charge in [-0.25, -0.2) is 0 Å². The molecule has 1 atom stereocenters. The van der Waals surface area contributed by atoms with E-state index in [0.29, 0.717) is 17.7 Å². The number of Topliss-reactive ketones (excluding diaryl/α,β-unsaturated/α-hetero) is 2. The van der Waals surface area contributed by atoms with Gasteiger partial charge in [0, 0.05) is 18.5 Å². The van der Waals surface area contributed by atoms with Crippen molar-refractivity contribution < 1.29 is 14.7 Å². The Balaban J connectivity index is 2.42. The fourth-order valence-corrected chi connectivity index (χ4v) is 3.50. The number of rotatable bonds is 6. The fraction of sp³-hybridized carbons (Fsp3) is 0.579. The molecule has 1 unspecified atom stereocenters. The molecule has 0 saturated heterocycles. The molecular weight excluding hydrogens is 290 g/mol. The highest BCUT2D eigenvalue weighted by Crippen LogP contribution is 2.35. The number of allylic oxidation sites excluding steroid dienone is 4. The largest absolute Gasteiger partial charge is 0.505 e. The van der Waals surface area contributed by atoms with Gasteiger partial charge in [-0.2, -0.15) is 0 Å². The molecule has 0 saturated carbocycles. The first-order valence-corrected chi connectivity index (χ1v) is 8.62. The van der Waals surface area contributed by atoms with E-state index >= 15 is 0 Å². The van der Waals surface area contributed by atoms with Crippen molar-refractivity contribution in [2.75, 3.05) is 7.05 Å². The van der Waals surface area contributed by atoms with Crippen LogP contribution < -0.4 is 5.32 Å².